The normalized spacial score (nSPS) is 30.2. The maximum Gasteiger partial charge on any atom is 0.264 e. The van der Waals surface area contributed by atoms with Gasteiger partial charge in [0.15, 0.2) is 17.7 Å². The van der Waals surface area contributed by atoms with Crippen LogP contribution >= 0.6 is 11.6 Å². The third kappa shape index (κ3) is 2.57. The molecule has 6 N–H and O–H groups in total. The summed E-state index contributed by atoms with van der Waals surface area (Å²) in [6.45, 7) is 1.33. The van der Waals surface area contributed by atoms with E-state index < -0.39 is 46.9 Å². The van der Waals surface area contributed by atoms with Gasteiger partial charge in [-0.25, -0.2) is 4.39 Å². The molecule has 0 radical (unpaired) electrons. The molecule has 1 aliphatic rings. The van der Waals surface area contributed by atoms with Gasteiger partial charge in [0, 0.05) is 11.6 Å². The largest absolute Gasteiger partial charge is 0.391 e. The summed E-state index contributed by atoms with van der Waals surface area (Å²) < 4.78 is 20.7. The first-order valence-corrected chi connectivity index (χ1v) is 7.51. The fourth-order valence-electron chi connectivity index (χ4n) is 2.90. The third-order valence-electron chi connectivity index (χ3n) is 4.05. The van der Waals surface area contributed by atoms with Crippen LogP contribution in [0, 0.1) is 17.1 Å². The molecule has 134 valence electrons. The van der Waals surface area contributed by atoms with Gasteiger partial charge in [0.1, 0.15) is 17.6 Å². The molecule has 1 fully saturated rings. The number of halogens is 2. The third-order valence-corrected chi connectivity index (χ3v) is 4.15. The van der Waals surface area contributed by atoms with Crippen molar-refractivity contribution in [2.24, 2.45) is 0 Å². The number of nitrogen functional groups attached to an aromatic ring is 1. The Morgan fingerprint density at radius 3 is 2.92 bits per heavy atom. The molecule has 1 aliphatic heterocycles. The molecule has 25 heavy (non-hydrogen) atoms. The lowest BCUT2D eigenvalue weighted by Gasteiger charge is -2.26. The molecule has 1 unspecified atom stereocenters. The highest BCUT2D eigenvalue weighted by molar-refractivity contribution is 6.30. The zero-order valence-corrected chi connectivity index (χ0v) is 13.5. The fourth-order valence-corrected chi connectivity index (χ4v) is 3.05. The van der Waals surface area contributed by atoms with Crippen molar-refractivity contribution >= 4 is 28.6 Å². The predicted molar refractivity (Wildman–Crippen MR) is 84.9 cm³/mol. The van der Waals surface area contributed by atoms with Gasteiger partial charge < -0.3 is 25.8 Å². The van der Waals surface area contributed by atoms with Crippen molar-refractivity contribution in [1.29, 1.82) is 0 Å². The average molecular weight is 373 g/mol. The number of aliphatic hydroxyl groups is 3. The molecule has 0 aromatic carbocycles. The maximum atomic E-state index is 14.2. The van der Waals surface area contributed by atoms with E-state index in [1.165, 1.54) is 6.92 Å². The van der Waals surface area contributed by atoms with Gasteiger partial charge in [0.05, 0.1) is 6.10 Å². The summed E-state index contributed by atoms with van der Waals surface area (Å²) in [6, 6.07) is 0. The number of rotatable bonds is 2. The van der Waals surface area contributed by atoms with E-state index in [4.69, 9.17) is 22.1 Å². The summed E-state index contributed by atoms with van der Waals surface area (Å²) >= 11 is 5.37. The van der Waals surface area contributed by atoms with Crippen molar-refractivity contribution in [2.45, 2.75) is 37.1 Å². The van der Waals surface area contributed by atoms with Crippen molar-refractivity contribution in [1.82, 2.24) is 14.5 Å². The lowest BCUT2D eigenvalue weighted by molar-refractivity contribution is -0.0846. The van der Waals surface area contributed by atoms with E-state index in [1.54, 1.807) is 0 Å². The van der Waals surface area contributed by atoms with E-state index in [-0.39, 0.29) is 11.6 Å². The molecule has 3 rings (SSSR count). The van der Waals surface area contributed by atoms with E-state index in [9.17, 15) is 24.5 Å². The number of aromatic amines is 1. The number of nitrogens with zero attached hydrogens (tertiary/aromatic N) is 2. The Morgan fingerprint density at radius 1 is 1.64 bits per heavy atom. The number of H-pyrrole nitrogens is 1. The van der Waals surface area contributed by atoms with Crippen LogP contribution < -0.4 is 11.3 Å². The molecule has 1 saturated heterocycles. The molecule has 3 heterocycles. The van der Waals surface area contributed by atoms with Crippen molar-refractivity contribution in [3.05, 3.63) is 22.4 Å². The number of aromatic nitrogens is 3. The van der Waals surface area contributed by atoms with Gasteiger partial charge in [0.25, 0.3) is 5.56 Å². The quantitative estimate of drug-likeness (QED) is 0.425. The summed E-state index contributed by atoms with van der Waals surface area (Å²) in [7, 11) is 0. The smallest absolute Gasteiger partial charge is 0.264 e. The second kappa shape index (κ2) is 5.98. The standard InChI is InChI=1S/C14H14ClFN4O5/c1-5(21)8-9(22)14(24,2-3-15)12(25-8)20-4-6(16)7-10(20)18-13(17)19-11(7)23/h4-5,8-9,12,21-22,24H,1H3,(H3,17,18,19,23)/t5-,8-,9?,12-,14-/m1/s1. The number of hydrogen-bond acceptors (Lipinski definition) is 7. The monoisotopic (exact) mass is 372 g/mol. The van der Waals surface area contributed by atoms with Gasteiger partial charge in [-0.05, 0) is 24.4 Å². The Balaban J connectivity index is 2.25. The molecule has 5 atom stereocenters. The molecule has 2 aromatic rings. The summed E-state index contributed by atoms with van der Waals surface area (Å²) in [6.07, 6.45) is -4.74. The fraction of sp³-hybridized carbons (Fsp3) is 0.429. The van der Waals surface area contributed by atoms with Crippen LogP contribution in [0.5, 0.6) is 0 Å². The second-order valence-corrected chi connectivity index (χ2v) is 5.91. The molecule has 0 amide bonds. The summed E-state index contributed by atoms with van der Waals surface area (Å²) in [5.41, 5.74) is 2.15. The number of nitrogens with one attached hydrogen (secondary N) is 1. The highest BCUT2D eigenvalue weighted by Gasteiger charge is 2.57. The van der Waals surface area contributed by atoms with Crippen molar-refractivity contribution in [3.8, 4) is 11.3 Å². The minimum atomic E-state index is -2.29. The first kappa shape index (κ1) is 17.7. The Labute approximate surface area is 144 Å². The summed E-state index contributed by atoms with van der Waals surface area (Å²) in [4.78, 5) is 17.9. The van der Waals surface area contributed by atoms with E-state index in [0.717, 1.165) is 10.8 Å². The van der Waals surface area contributed by atoms with Gasteiger partial charge in [-0.15, -0.1) is 0 Å². The Bertz CT molecular complexity index is 948. The van der Waals surface area contributed by atoms with Crippen LogP contribution in [0.1, 0.15) is 13.2 Å². The molecule has 0 aliphatic carbocycles. The minimum Gasteiger partial charge on any atom is -0.391 e. The van der Waals surface area contributed by atoms with Crippen LogP contribution in [0.4, 0.5) is 10.3 Å². The van der Waals surface area contributed by atoms with Crippen molar-refractivity contribution in [2.75, 3.05) is 5.73 Å². The number of anilines is 1. The number of ether oxygens (including phenoxy) is 1. The van der Waals surface area contributed by atoms with Gasteiger partial charge in [0.2, 0.25) is 11.5 Å². The van der Waals surface area contributed by atoms with Crippen molar-refractivity contribution in [3.63, 3.8) is 0 Å². The van der Waals surface area contributed by atoms with E-state index >= 15 is 0 Å². The number of hydrogen-bond donors (Lipinski definition) is 5. The highest BCUT2D eigenvalue weighted by atomic mass is 35.5. The Morgan fingerprint density at radius 2 is 2.32 bits per heavy atom. The topological polar surface area (TPSA) is 147 Å². The SMILES string of the molecule is C[C@@H](O)[C@H]1O[C@@H](n2cc(F)c3c(=O)[nH]c(N)nc32)[C@@](O)(C#CCl)C1O. The maximum absolute atomic E-state index is 14.2. The van der Waals surface area contributed by atoms with Gasteiger partial charge in [-0.1, -0.05) is 0 Å². The minimum absolute atomic E-state index is 0.225. The first-order valence-electron chi connectivity index (χ1n) is 7.13. The van der Waals surface area contributed by atoms with Crippen LogP contribution in [0.3, 0.4) is 0 Å². The van der Waals surface area contributed by atoms with Gasteiger partial charge >= 0.3 is 0 Å². The zero-order chi connectivity index (χ0) is 18.5. The lowest BCUT2D eigenvalue weighted by Crippen LogP contribution is -2.47. The molecule has 11 heteroatoms. The zero-order valence-electron chi connectivity index (χ0n) is 12.8. The number of nitrogens with two attached hydrogens (primary N) is 1. The van der Waals surface area contributed by atoms with Gasteiger partial charge in [-0.2, -0.15) is 4.98 Å². The Kier molecular flexibility index (Phi) is 4.22. The van der Waals surface area contributed by atoms with Crippen molar-refractivity contribution < 1.29 is 24.4 Å². The molecule has 0 bridgehead atoms. The average Bonchev–Trinajstić information content (AvgIpc) is 2.96. The number of fused-ring (bicyclic) bond motifs is 1. The Hall–Kier alpha value is -2.16. The summed E-state index contributed by atoms with van der Waals surface area (Å²) in [5, 5.41) is 32.4. The van der Waals surface area contributed by atoms with E-state index in [0.29, 0.717) is 0 Å². The van der Waals surface area contributed by atoms with Crippen LogP contribution in [0.15, 0.2) is 11.0 Å². The predicted octanol–water partition coefficient (Wildman–Crippen LogP) is -0.984. The second-order valence-electron chi connectivity index (χ2n) is 5.72. The van der Waals surface area contributed by atoms with Crippen LogP contribution in [0.25, 0.3) is 11.0 Å². The van der Waals surface area contributed by atoms with Crippen LogP contribution in [0.2, 0.25) is 0 Å². The van der Waals surface area contributed by atoms with E-state index in [2.05, 4.69) is 15.9 Å². The first-order chi connectivity index (χ1) is 11.7. The molecular weight excluding hydrogens is 359 g/mol. The van der Waals surface area contributed by atoms with Crippen LogP contribution in [-0.4, -0.2) is 53.8 Å². The molecule has 9 nitrogen and oxygen atoms in total. The molecule has 2 aromatic heterocycles. The number of aliphatic hydroxyl groups excluding tert-OH is 2. The molecule has 0 saturated carbocycles. The summed E-state index contributed by atoms with van der Waals surface area (Å²) in [5.74, 6) is 0.980. The van der Waals surface area contributed by atoms with E-state index in [1.807, 2.05) is 5.38 Å². The van der Waals surface area contributed by atoms with Crippen LogP contribution in [-0.2, 0) is 4.74 Å². The molecular formula is C14H14ClFN4O5. The lowest BCUT2D eigenvalue weighted by atomic mass is 9.93. The molecule has 0 spiro atoms. The highest BCUT2D eigenvalue weighted by Crippen LogP contribution is 2.41. The van der Waals surface area contributed by atoms with Gasteiger partial charge in [-0.3, -0.25) is 14.3 Å².